The van der Waals surface area contributed by atoms with Crippen LogP contribution in [0, 0.1) is 0 Å². The van der Waals surface area contributed by atoms with E-state index in [1.807, 2.05) is 24.3 Å². The van der Waals surface area contributed by atoms with Gasteiger partial charge in [-0.05, 0) is 37.1 Å². The van der Waals surface area contributed by atoms with Gasteiger partial charge < -0.3 is 10.3 Å². The average molecular weight is 318 g/mol. The van der Waals surface area contributed by atoms with Gasteiger partial charge in [0.15, 0.2) is 0 Å². The Morgan fingerprint density at radius 3 is 2.67 bits per heavy atom. The third-order valence-electron chi connectivity index (χ3n) is 3.84. The third-order valence-corrected chi connectivity index (χ3v) is 4.37. The van der Waals surface area contributed by atoms with Crippen molar-refractivity contribution in [3.63, 3.8) is 0 Å². The van der Waals surface area contributed by atoms with Crippen LogP contribution in [-0.2, 0) is 0 Å². The van der Waals surface area contributed by atoms with Gasteiger partial charge in [0.05, 0.1) is 21.7 Å². The normalized spacial score (nSPS) is 14.8. The highest BCUT2D eigenvalue weighted by atomic mass is 35.5. The molecular formula is C16H13Cl2N3. The summed E-state index contributed by atoms with van der Waals surface area (Å²) < 4.78 is 2.26. The second kappa shape index (κ2) is 4.65. The zero-order valence-corrected chi connectivity index (χ0v) is 12.7. The van der Waals surface area contributed by atoms with Gasteiger partial charge >= 0.3 is 0 Å². The SMILES string of the molecule is Nc1c(Cl)cc(Cl)cc1-c1nc2ccccc2n1C1CC1. The van der Waals surface area contributed by atoms with Crippen molar-refractivity contribution in [1.29, 1.82) is 0 Å². The maximum absolute atomic E-state index is 6.17. The maximum atomic E-state index is 6.17. The molecule has 0 radical (unpaired) electrons. The molecule has 0 aliphatic heterocycles. The Morgan fingerprint density at radius 2 is 1.90 bits per heavy atom. The molecule has 0 atom stereocenters. The van der Waals surface area contributed by atoms with Gasteiger partial charge in [-0.2, -0.15) is 0 Å². The summed E-state index contributed by atoms with van der Waals surface area (Å²) >= 11 is 12.3. The molecule has 1 fully saturated rings. The van der Waals surface area contributed by atoms with Crippen LogP contribution in [-0.4, -0.2) is 9.55 Å². The fourth-order valence-electron chi connectivity index (χ4n) is 2.71. The lowest BCUT2D eigenvalue weighted by Gasteiger charge is -2.11. The molecule has 1 heterocycles. The minimum Gasteiger partial charge on any atom is -0.397 e. The molecule has 0 spiro atoms. The highest BCUT2D eigenvalue weighted by molar-refractivity contribution is 6.37. The molecule has 0 amide bonds. The molecule has 3 nitrogen and oxygen atoms in total. The number of para-hydroxylation sites is 2. The summed E-state index contributed by atoms with van der Waals surface area (Å²) in [6.07, 6.45) is 2.34. The highest BCUT2D eigenvalue weighted by Gasteiger charge is 2.29. The van der Waals surface area contributed by atoms with E-state index in [-0.39, 0.29) is 0 Å². The molecule has 106 valence electrons. The van der Waals surface area contributed by atoms with Gasteiger partial charge in [0.2, 0.25) is 0 Å². The van der Waals surface area contributed by atoms with Crippen LogP contribution in [0.5, 0.6) is 0 Å². The molecule has 4 rings (SSSR count). The Morgan fingerprint density at radius 1 is 1.14 bits per heavy atom. The first kappa shape index (κ1) is 13.0. The second-order valence-corrected chi connectivity index (χ2v) is 6.22. The summed E-state index contributed by atoms with van der Waals surface area (Å²) in [5.74, 6) is 0.848. The molecule has 1 aliphatic carbocycles. The standard InChI is InChI=1S/C16H13Cl2N3/c17-9-7-11(15(19)12(18)8-9)16-20-13-3-1-2-4-14(13)21(16)10-5-6-10/h1-4,7-8,10H,5-6,19H2. The van der Waals surface area contributed by atoms with Gasteiger partial charge in [-0.1, -0.05) is 35.3 Å². The molecule has 0 unspecified atom stereocenters. The molecule has 21 heavy (non-hydrogen) atoms. The van der Waals surface area contributed by atoms with Crippen LogP contribution >= 0.6 is 23.2 Å². The van der Waals surface area contributed by atoms with Crippen molar-refractivity contribution in [3.05, 3.63) is 46.4 Å². The summed E-state index contributed by atoms with van der Waals surface area (Å²) in [5.41, 5.74) is 9.58. The van der Waals surface area contributed by atoms with E-state index in [2.05, 4.69) is 10.6 Å². The second-order valence-electron chi connectivity index (χ2n) is 5.37. The molecule has 1 aromatic heterocycles. The molecule has 5 heteroatoms. The number of nitrogen functional groups attached to an aromatic ring is 1. The molecule has 0 saturated heterocycles. The first-order chi connectivity index (χ1) is 10.1. The predicted molar refractivity (Wildman–Crippen MR) is 87.9 cm³/mol. The summed E-state index contributed by atoms with van der Waals surface area (Å²) in [4.78, 5) is 4.75. The van der Waals surface area contributed by atoms with E-state index in [0.29, 0.717) is 21.8 Å². The van der Waals surface area contributed by atoms with Crippen LogP contribution in [0.25, 0.3) is 22.4 Å². The van der Waals surface area contributed by atoms with Crippen LogP contribution in [0.3, 0.4) is 0 Å². The number of anilines is 1. The number of halogens is 2. The van der Waals surface area contributed by atoms with Crippen molar-refractivity contribution in [2.75, 3.05) is 5.73 Å². The monoisotopic (exact) mass is 317 g/mol. The van der Waals surface area contributed by atoms with Gasteiger partial charge in [0.1, 0.15) is 5.82 Å². The van der Waals surface area contributed by atoms with E-state index in [4.69, 9.17) is 33.9 Å². The number of aromatic nitrogens is 2. The molecule has 3 aromatic rings. The first-order valence-electron chi connectivity index (χ1n) is 6.87. The summed E-state index contributed by atoms with van der Waals surface area (Å²) in [6, 6.07) is 12.1. The number of rotatable bonds is 2. The Labute approximate surface area is 132 Å². The minimum absolute atomic E-state index is 0.465. The van der Waals surface area contributed by atoms with E-state index >= 15 is 0 Å². The van der Waals surface area contributed by atoms with Crippen molar-refractivity contribution >= 4 is 39.9 Å². The largest absolute Gasteiger partial charge is 0.397 e. The van der Waals surface area contributed by atoms with E-state index < -0.39 is 0 Å². The van der Waals surface area contributed by atoms with Crippen LogP contribution in [0.4, 0.5) is 5.69 Å². The number of hydrogen-bond acceptors (Lipinski definition) is 2. The zero-order valence-electron chi connectivity index (χ0n) is 11.2. The molecule has 2 aromatic carbocycles. The fourth-order valence-corrected chi connectivity index (χ4v) is 3.20. The van der Waals surface area contributed by atoms with E-state index in [0.717, 1.165) is 22.4 Å². The topological polar surface area (TPSA) is 43.8 Å². The first-order valence-corrected chi connectivity index (χ1v) is 7.62. The number of imidazole rings is 1. The number of nitrogens with two attached hydrogens (primary N) is 1. The Kier molecular flexibility index (Phi) is 2.88. The Bertz CT molecular complexity index is 850. The molecule has 2 N–H and O–H groups in total. The lowest BCUT2D eigenvalue weighted by atomic mass is 10.1. The molecule has 1 saturated carbocycles. The quantitative estimate of drug-likeness (QED) is 0.681. The zero-order chi connectivity index (χ0) is 14.6. The van der Waals surface area contributed by atoms with Crippen LogP contribution in [0.15, 0.2) is 36.4 Å². The van der Waals surface area contributed by atoms with E-state index in [1.54, 1.807) is 6.07 Å². The average Bonchev–Trinajstić information content (AvgIpc) is 3.23. The summed E-state index contributed by atoms with van der Waals surface area (Å²) in [7, 11) is 0. The van der Waals surface area contributed by atoms with Gasteiger partial charge in [-0.25, -0.2) is 4.98 Å². The van der Waals surface area contributed by atoms with E-state index in [9.17, 15) is 0 Å². The van der Waals surface area contributed by atoms with Crippen molar-refractivity contribution in [2.24, 2.45) is 0 Å². The van der Waals surface area contributed by atoms with Crippen LogP contribution in [0.2, 0.25) is 10.0 Å². The fraction of sp³-hybridized carbons (Fsp3) is 0.188. The highest BCUT2D eigenvalue weighted by Crippen LogP contribution is 2.43. The summed E-state index contributed by atoms with van der Waals surface area (Å²) in [5, 5.41) is 1.03. The number of benzene rings is 2. The number of fused-ring (bicyclic) bond motifs is 1. The minimum atomic E-state index is 0.465. The maximum Gasteiger partial charge on any atom is 0.143 e. The smallest absolute Gasteiger partial charge is 0.143 e. The van der Waals surface area contributed by atoms with Gasteiger partial charge in [0.25, 0.3) is 0 Å². The van der Waals surface area contributed by atoms with Crippen LogP contribution < -0.4 is 5.73 Å². The van der Waals surface area contributed by atoms with Gasteiger partial charge in [-0.3, -0.25) is 0 Å². The lowest BCUT2D eigenvalue weighted by molar-refractivity contribution is 0.775. The number of nitrogens with zero attached hydrogens (tertiary/aromatic N) is 2. The van der Waals surface area contributed by atoms with Crippen molar-refractivity contribution < 1.29 is 0 Å². The Hall–Kier alpha value is -1.71. The van der Waals surface area contributed by atoms with Crippen molar-refractivity contribution in [3.8, 4) is 11.4 Å². The van der Waals surface area contributed by atoms with Crippen molar-refractivity contribution in [2.45, 2.75) is 18.9 Å². The molecular weight excluding hydrogens is 305 g/mol. The van der Waals surface area contributed by atoms with Gasteiger partial charge in [0, 0.05) is 16.6 Å². The predicted octanol–water partition coefficient (Wildman–Crippen LogP) is 4.93. The summed E-state index contributed by atoms with van der Waals surface area (Å²) in [6.45, 7) is 0. The lowest BCUT2D eigenvalue weighted by Crippen LogP contribution is -2.00. The van der Waals surface area contributed by atoms with Crippen molar-refractivity contribution in [1.82, 2.24) is 9.55 Å². The van der Waals surface area contributed by atoms with E-state index in [1.165, 1.54) is 12.8 Å². The molecule has 0 bridgehead atoms. The molecule has 1 aliphatic rings. The van der Waals surface area contributed by atoms with Crippen LogP contribution in [0.1, 0.15) is 18.9 Å². The number of hydrogen-bond donors (Lipinski definition) is 1. The Balaban J connectivity index is 2.05. The van der Waals surface area contributed by atoms with Gasteiger partial charge in [-0.15, -0.1) is 0 Å². The third kappa shape index (κ3) is 2.08.